The smallest absolute Gasteiger partial charge is 0.276 e. The SMILES string of the molecule is CC(C)(C)[Si](C)(C)OCCn1ccc(Nc2cc(Cl)nn3c(C(=O)Nc4ccncc4F)cnc23)n1. The number of hydrogen-bond acceptors (Lipinski definition) is 7. The van der Waals surface area contributed by atoms with E-state index in [0.717, 1.165) is 6.20 Å². The Morgan fingerprint density at radius 2 is 1.97 bits per heavy atom. The summed E-state index contributed by atoms with van der Waals surface area (Å²) in [6, 6.07) is 4.77. The standard InChI is InChI=1S/C23H28ClFN8O2Si/c1-23(2,3)36(4,5)35-11-10-32-9-7-20(31-32)28-17-12-19(24)30-33-18(14-27-21(17)33)22(34)29-16-6-8-26-13-15(16)25/h6-9,12-14H,10-11H2,1-5H3,(H,28,31)(H,26,29,34). The van der Waals surface area contributed by atoms with Gasteiger partial charge in [-0.05, 0) is 24.2 Å². The molecule has 10 nitrogen and oxygen atoms in total. The number of pyridine rings is 1. The maximum absolute atomic E-state index is 13.9. The van der Waals surface area contributed by atoms with Crippen LogP contribution in [0, 0.1) is 5.82 Å². The second-order valence-electron chi connectivity index (χ2n) is 9.77. The highest BCUT2D eigenvalue weighted by Gasteiger charge is 2.36. The van der Waals surface area contributed by atoms with Crippen LogP contribution in [0.1, 0.15) is 31.3 Å². The normalized spacial score (nSPS) is 12.2. The van der Waals surface area contributed by atoms with E-state index in [1.54, 1.807) is 10.7 Å². The molecule has 0 fully saturated rings. The number of aromatic nitrogens is 6. The van der Waals surface area contributed by atoms with Gasteiger partial charge in [0.1, 0.15) is 0 Å². The quantitative estimate of drug-likeness (QED) is 0.304. The Morgan fingerprint density at radius 1 is 1.19 bits per heavy atom. The predicted octanol–water partition coefficient (Wildman–Crippen LogP) is 5.13. The van der Waals surface area contributed by atoms with Gasteiger partial charge < -0.3 is 15.1 Å². The first-order valence-corrected chi connectivity index (χ1v) is 14.6. The van der Waals surface area contributed by atoms with E-state index in [9.17, 15) is 9.18 Å². The number of fused-ring (bicyclic) bond motifs is 1. The molecule has 4 aromatic heterocycles. The highest BCUT2D eigenvalue weighted by atomic mass is 35.5. The molecule has 4 rings (SSSR count). The minimum absolute atomic E-state index is 0.00611. The Kier molecular flexibility index (Phi) is 7.11. The van der Waals surface area contributed by atoms with Crippen LogP contribution >= 0.6 is 11.6 Å². The molecule has 0 aliphatic carbocycles. The summed E-state index contributed by atoms with van der Waals surface area (Å²) in [7, 11) is -1.83. The van der Waals surface area contributed by atoms with Gasteiger partial charge in [-0.3, -0.25) is 14.5 Å². The molecular weight excluding hydrogens is 503 g/mol. The summed E-state index contributed by atoms with van der Waals surface area (Å²) in [6.07, 6.45) is 5.59. The van der Waals surface area contributed by atoms with Crippen molar-refractivity contribution in [1.29, 1.82) is 0 Å². The van der Waals surface area contributed by atoms with Gasteiger partial charge in [-0.25, -0.2) is 13.9 Å². The minimum Gasteiger partial charge on any atom is -0.415 e. The van der Waals surface area contributed by atoms with E-state index in [1.807, 2.05) is 12.3 Å². The van der Waals surface area contributed by atoms with Crippen molar-refractivity contribution in [1.82, 2.24) is 29.4 Å². The fourth-order valence-corrected chi connectivity index (χ4v) is 4.37. The molecule has 0 bridgehead atoms. The second kappa shape index (κ2) is 9.95. The first-order chi connectivity index (χ1) is 16.9. The topological polar surface area (TPSA) is 111 Å². The molecule has 13 heteroatoms. The number of nitrogens with one attached hydrogen (secondary N) is 2. The van der Waals surface area contributed by atoms with E-state index in [1.165, 1.54) is 23.0 Å². The minimum atomic E-state index is -1.83. The molecule has 0 saturated carbocycles. The summed E-state index contributed by atoms with van der Waals surface area (Å²) in [5.41, 5.74) is 0.941. The van der Waals surface area contributed by atoms with Gasteiger partial charge in [0, 0.05) is 24.5 Å². The lowest BCUT2D eigenvalue weighted by Crippen LogP contribution is -2.41. The monoisotopic (exact) mass is 530 g/mol. The van der Waals surface area contributed by atoms with Gasteiger partial charge in [-0.2, -0.15) is 10.2 Å². The average Bonchev–Trinajstić information content (AvgIpc) is 3.41. The number of carbonyl (C=O) groups excluding carboxylic acids is 1. The lowest BCUT2D eigenvalue weighted by Gasteiger charge is -2.36. The second-order valence-corrected chi connectivity index (χ2v) is 15.0. The van der Waals surface area contributed by atoms with Crippen LogP contribution in [-0.2, 0) is 11.0 Å². The molecule has 0 saturated heterocycles. The third kappa shape index (κ3) is 5.55. The zero-order valence-corrected chi connectivity index (χ0v) is 22.5. The fourth-order valence-electron chi connectivity index (χ4n) is 3.15. The fraction of sp³-hybridized carbons (Fsp3) is 0.348. The van der Waals surface area contributed by atoms with Crippen LogP contribution in [0.4, 0.5) is 21.6 Å². The van der Waals surface area contributed by atoms with Crippen LogP contribution in [0.25, 0.3) is 5.65 Å². The van der Waals surface area contributed by atoms with Crippen LogP contribution in [0.5, 0.6) is 0 Å². The van der Waals surface area contributed by atoms with Crippen LogP contribution in [0.3, 0.4) is 0 Å². The lowest BCUT2D eigenvalue weighted by molar-refractivity contribution is 0.102. The Balaban J connectivity index is 1.49. The number of halogens is 2. The summed E-state index contributed by atoms with van der Waals surface area (Å²) in [6.45, 7) is 12.2. The van der Waals surface area contributed by atoms with Crippen molar-refractivity contribution in [2.24, 2.45) is 0 Å². The zero-order chi connectivity index (χ0) is 26.1. The van der Waals surface area contributed by atoms with Crippen LogP contribution in [-0.4, -0.2) is 50.2 Å². The zero-order valence-electron chi connectivity index (χ0n) is 20.7. The van der Waals surface area contributed by atoms with Crippen molar-refractivity contribution >= 4 is 48.7 Å². The predicted molar refractivity (Wildman–Crippen MR) is 139 cm³/mol. The summed E-state index contributed by atoms with van der Waals surface area (Å²) >= 11 is 6.22. The summed E-state index contributed by atoms with van der Waals surface area (Å²) in [5, 5.41) is 14.7. The molecule has 0 aliphatic heterocycles. The summed E-state index contributed by atoms with van der Waals surface area (Å²) < 4.78 is 23.2. The summed E-state index contributed by atoms with van der Waals surface area (Å²) in [4.78, 5) is 20.8. The molecule has 0 radical (unpaired) electrons. The van der Waals surface area contributed by atoms with E-state index >= 15 is 0 Å². The molecule has 36 heavy (non-hydrogen) atoms. The van der Waals surface area contributed by atoms with Crippen LogP contribution in [0.2, 0.25) is 23.3 Å². The first kappa shape index (κ1) is 25.7. The number of anilines is 3. The molecule has 0 aromatic carbocycles. The van der Waals surface area contributed by atoms with Gasteiger partial charge >= 0.3 is 0 Å². The number of carbonyl (C=O) groups is 1. The molecular formula is C23H28ClFN8O2Si. The maximum Gasteiger partial charge on any atom is 0.276 e. The van der Waals surface area contributed by atoms with Gasteiger partial charge in [0.05, 0.1) is 36.9 Å². The highest BCUT2D eigenvalue weighted by molar-refractivity contribution is 6.74. The third-order valence-corrected chi connectivity index (χ3v) is 10.9. The molecule has 1 amide bonds. The van der Waals surface area contributed by atoms with Gasteiger partial charge in [0.2, 0.25) is 0 Å². The average molecular weight is 531 g/mol. The van der Waals surface area contributed by atoms with Crippen LogP contribution in [0.15, 0.2) is 43.0 Å². The Hall–Kier alpha value is -3.35. The molecule has 0 unspecified atom stereocenters. The third-order valence-electron chi connectivity index (χ3n) is 6.18. The van der Waals surface area contributed by atoms with E-state index in [0.29, 0.717) is 30.3 Å². The Labute approximate surface area is 214 Å². The number of imidazole rings is 1. The molecule has 4 aromatic rings. The van der Waals surface area contributed by atoms with Gasteiger partial charge in [-0.15, -0.1) is 0 Å². The maximum atomic E-state index is 13.9. The van der Waals surface area contributed by atoms with Gasteiger partial charge in [0.15, 0.2) is 36.4 Å². The van der Waals surface area contributed by atoms with Crippen molar-refractivity contribution in [3.05, 3.63) is 59.7 Å². The largest absolute Gasteiger partial charge is 0.415 e. The summed E-state index contributed by atoms with van der Waals surface area (Å²) in [5.74, 6) is -0.683. The lowest BCUT2D eigenvalue weighted by atomic mass is 10.2. The Morgan fingerprint density at radius 3 is 2.69 bits per heavy atom. The molecule has 4 heterocycles. The van der Waals surface area contributed by atoms with Crippen molar-refractivity contribution in [3.63, 3.8) is 0 Å². The first-order valence-electron chi connectivity index (χ1n) is 11.3. The van der Waals surface area contributed by atoms with E-state index in [4.69, 9.17) is 16.0 Å². The number of rotatable bonds is 8. The Bertz CT molecular complexity index is 1400. The highest BCUT2D eigenvalue weighted by Crippen LogP contribution is 2.36. The number of nitrogens with zero attached hydrogens (tertiary/aromatic N) is 6. The van der Waals surface area contributed by atoms with Crippen molar-refractivity contribution in [2.45, 2.75) is 45.4 Å². The van der Waals surface area contributed by atoms with Crippen LogP contribution < -0.4 is 10.6 Å². The molecule has 190 valence electrons. The van der Waals surface area contributed by atoms with E-state index in [2.05, 4.69) is 64.7 Å². The number of hydrogen-bond donors (Lipinski definition) is 2. The van der Waals surface area contributed by atoms with E-state index < -0.39 is 20.0 Å². The molecule has 0 aliphatic rings. The van der Waals surface area contributed by atoms with Crippen molar-refractivity contribution in [2.75, 3.05) is 17.2 Å². The molecule has 2 N–H and O–H groups in total. The van der Waals surface area contributed by atoms with Crippen molar-refractivity contribution in [3.8, 4) is 0 Å². The molecule has 0 atom stereocenters. The van der Waals surface area contributed by atoms with Gasteiger partial charge in [-0.1, -0.05) is 32.4 Å². The molecule has 0 spiro atoms. The van der Waals surface area contributed by atoms with Crippen molar-refractivity contribution < 1.29 is 13.6 Å². The number of amides is 1. The van der Waals surface area contributed by atoms with Gasteiger partial charge in [0.25, 0.3) is 5.91 Å². The van der Waals surface area contributed by atoms with E-state index in [-0.39, 0.29) is 21.6 Å².